The fourth-order valence-electron chi connectivity index (χ4n) is 1.86. The Hall–Kier alpha value is -1.31. The molecular weight excluding hydrogens is 160 g/mol. The highest BCUT2D eigenvalue weighted by Gasteiger charge is 2.41. The minimum absolute atomic E-state index is 0.385. The van der Waals surface area contributed by atoms with Crippen molar-refractivity contribution in [2.75, 3.05) is 0 Å². The molecule has 0 bridgehead atoms. The van der Waals surface area contributed by atoms with E-state index in [1.54, 1.807) is 0 Å². The summed E-state index contributed by atoms with van der Waals surface area (Å²) < 4.78 is 0. The Kier molecular flexibility index (Phi) is 1.17. The molecule has 1 N–H and O–H groups in total. The van der Waals surface area contributed by atoms with Crippen molar-refractivity contribution in [1.82, 2.24) is 10.2 Å². The summed E-state index contributed by atoms with van der Waals surface area (Å²) in [5, 5.41) is 8.76. The van der Waals surface area contributed by atoms with Crippen LogP contribution in [0.3, 0.4) is 0 Å². The monoisotopic (exact) mass is 172 g/mol. The molecular formula is C11H12N2. The van der Waals surface area contributed by atoms with E-state index in [0.29, 0.717) is 5.41 Å². The normalized spacial score (nSPS) is 19.2. The largest absolute Gasteiger partial charge is 0.281 e. The molecule has 1 saturated carbocycles. The molecule has 0 aliphatic heterocycles. The molecule has 1 aromatic heterocycles. The molecule has 1 aliphatic rings. The van der Waals surface area contributed by atoms with Crippen LogP contribution in [0.25, 0.3) is 10.9 Å². The summed E-state index contributed by atoms with van der Waals surface area (Å²) in [5.74, 6) is 0. The van der Waals surface area contributed by atoms with Crippen LogP contribution in [0, 0.1) is 0 Å². The highest BCUT2D eigenvalue weighted by atomic mass is 15.1. The van der Waals surface area contributed by atoms with E-state index in [4.69, 9.17) is 0 Å². The van der Waals surface area contributed by atoms with Crippen LogP contribution in [-0.2, 0) is 5.41 Å². The number of nitrogens with one attached hydrogen (secondary N) is 1. The average molecular weight is 172 g/mol. The van der Waals surface area contributed by atoms with Crippen molar-refractivity contribution >= 4 is 10.9 Å². The molecule has 0 atom stereocenters. The third kappa shape index (κ3) is 0.916. The minimum atomic E-state index is 0.385. The molecule has 66 valence electrons. The fraction of sp³-hybridized carbons (Fsp3) is 0.364. The zero-order valence-corrected chi connectivity index (χ0v) is 7.67. The summed E-state index contributed by atoms with van der Waals surface area (Å²) in [6.45, 7) is 2.30. The van der Waals surface area contributed by atoms with Crippen LogP contribution in [0.15, 0.2) is 24.3 Å². The van der Waals surface area contributed by atoms with Crippen molar-refractivity contribution in [1.29, 1.82) is 0 Å². The molecule has 0 unspecified atom stereocenters. The number of hydrogen-bond donors (Lipinski definition) is 1. The van der Waals surface area contributed by atoms with Crippen LogP contribution in [0.4, 0.5) is 0 Å². The zero-order valence-electron chi connectivity index (χ0n) is 7.67. The molecule has 13 heavy (non-hydrogen) atoms. The van der Waals surface area contributed by atoms with Crippen LogP contribution in [0.1, 0.15) is 25.5 Å². The molecule has 2 aromatic rings. The number of para-hydroxylation sites is 1. The summed E-state index contributed by atoms with van der Waals surface area (Å²) in [4.78, 5) is 0. The molecule has 3 rings (SSSR count). The van der Waals surface area contributed by atoms with Gasteiger partial charge in [0.25, 0.3) is 0 Å². The van der Waals surface area contributed by atoms with E-state index < -0.39 is 0 Å². The number of H-pyrrole nitrogens is 1. The topological polar surface area (TPSA) is 28.7 Å². The number of hydrogen-bond acceptors (Lipinski definition) is 1. The van der Waals surface area contributed by atoms with Crippen molar-refractivity contribution in [3.05, 3.63) is 30.0 Å². The minimum Gasteiger partial charge on any atom is -0.281 e. The van der Waals surface area contributed by atoms with Gasteiger partial charge in [0.2, 0.25) is 0 Å². The lowest BCUT2D eigenvalue weighted by atomic mass is 10.0. The molecule has 0 amide bonds. The number of aromatic amines is 1. The number of fused-ring (bicyclic) bond motifs is 1. The Balaban J connectivity index is 2.30. The number of benzene rings is 1. The molecule has 0 saturated heterocycles. The van der Waals surface area contributed by atoms with Crippen LogP contribution in [0.2, 0.25) is 0 Å². The second kappa shape index (κ2) is 2.13. The lowest BCUT2D eigenvalue weighted by Crippen LogP contribution is -2.00. The molecule has 1 aromatic carbocycles. The standard InChI is InChI=1S/C11H12N2/c1-11(6-7-11)10-8-4-2-3-5-9(8)12-13-10/h2-5H,6-7H2,1H3,(H,12,13). The summed E-state index contributed by atoms with van der Waals surface area (Å²) >= 11 is 0. The predicted octanol–water partition coefficient (Wildman–Crippen LogP) is 2.61. The van der Waals surface area contributed by atoms with Crippen LogP contribution < -0.4 is 0 Å². The maximum absolute atomic E-state index is 4.30. The summed E-state index contributed by atoms with van der Waals surface area (Å²) in [7, 11) is 0. The predicted molar refractivity (Wildman–Crippen MR) is 52.7 cm³/mol. The summed E-state index contributed by atoms with van der Waals surface area (Å²) in [5.41, 5.74) is 2.80. The van der Waals surface area contributed by atoms with Gasteiger partial charge in [0.1, 0.15) is 0 Å². The van der Waals surface area contributed by atoms with E-state index in [1.807, 2.05) is 6.07 Å². The van der Waals surface area contributed by atoms with E-state index in [1.165, 1.54) is 23.9 Å². The van der Waals surface area contributed by atoms with Crippen molar-refractivity contribution in [2.24, 2.45) is 0 Å². The third-order valence-electron chi connectivity index (χ3n) is 3.07. The Bertz CT molecular complexity index is 452. The average Bonchev–Trinajstić information content (AvgIpc) is 2.76. The quantitative estimate of drug-likeness (QED) is 0.703. The van der Waals surface area contributed by atoms with Gasteiger partial charge in [-0.15, -0.1) is 0 Å². The second-order valence-electron chi connectivity index (χ2n) is 4.18. The Morgan fingerprint density at radius 3 is 2.85 bits per heavy atom. The smallest absolute Gasteiger partial charge is 0.0923 e. The zero-order chi connectivity index (χ0) is 8.89. The van der Waals surface area contributed by atoms with Gasteiger partial charge in [-0.25, -0.2) is 0 Å². The Morgan fingerprint density at radius 1 is 1.31 bits per heavy atom. The van der Waals surface area contributed by atoms with Gasteiger partial charge < -0.3 is 0 Å². The third-order valence-corrected chi connectivity index (χ3v) is 3.07. The first-order valence-corrected chi connectivity index (χ1v) is 4.73. The number of aromatic nitrogens is 2. The van der Waals surface area contributed by atoms with Gasteiger partial charge in [0.05, 0.1) is 5.52 Å². The van der Waals surface area contributed by atoms with E-state index in [-0.39, 0.29) is 0 Å². The highest BCUT2D eigenvalue weighted by Crippen LogP contribution is 2.48. The second-order valence-corrected chi connectivity index (χ2v) is 4.18. The maximum atomic E-state index is 4.30. The van der Waals surface area contributed by atoms with Crippen LogP contribution in [0.5, 0.6) is 0 Å². The van der Waals surface area contributed by atoms with E-state index in [9.17, 15) is 0 Å². The molecule has 2 heteroatoms. The highest BCUT2D eigenvalue weighted by molar-refractivity contribution is 5.82. The molecule has 0 radical (unpaired) electrons. The SMILES string of the molecule is CC1(c2[nH]nc3ccccc23)CC1. The molecule has 1 heterocycles. The fourth-order valence-corrected chi connectivity index (χ4v) is 1.86. The van der Waals surface area contributed by atoms with Crippen molar-refractivity contribution in [2.45, 2.75) is 25.2 Å². The first kappa shape index (κ1) is 7.13. The van der Waals surface area contributed by atoms with Gasteiger partial charge >= 0.3 is 0 Å². The first-order chi connectivity index (χ1) is 6.30. The van der Waals surface area contributed by atoms with Crippen LogP contribution in [-0.4, -0.2) is 10.2 Å². The molecule has 2 nitrogen and oxygen atoms in total. The molecule has 0 spiro atoms. The van der Waals surface area contributed by atoms with E-state index in [2.05, 4.69) is 35.3 Å². The summed E-state index contributed by atoms with van der Waals surface area (Å²) in [6, 6.07) is 8.31. The number of nitrogens with zero attached hydrogens (tertiary/aromatic N) is 1. The molecule has 1 fully saturated rings. The van der Waals surface area contributed by atoms with Gasteiger partial charge in [0, 0.05) is 16.5 Å². The van der Waals surface area contributed by atoms with Crippen molar-refractivity contribution < 1.29 is 0 Å². The van der Waals surface area contributed by atoms with Crippen molar-refractivity contribution in [3.8, 4) is 0 Å². The van der Waals surface area contributed by atoms with E-state index in [0.717, 1.165) is 5.52 Å². The van der Waals surface area contributed by atoms with Gasteiger partial charge in [-0.3, -0.25) is 5.10 Å². The van der Waals surface area contributed by atoms with Crippen molar-refractivity contribution in [3.63, 3.8) is 0 Å². The van der Waals surface area contributed by atoms with Gasteiger partial charge in [0.15, 0.2) is 0 Å². The Labute approximate surface area is 77.0 Å². The first-order valence-electron chi connectivity index (χ1n) is 4.73. The Morgan fingerprint density at radius 2 is 2.08 bits per heavy atom. The molecule has 1 aliphatic carbocycles. The van der Waals surface area contributed by atoms with Crippen LogP contribution >= 0.6 is 0 Å². The number of rotatable bonds is 1. The lowest BCUT2D eigenvalue weighted by molar-refractivity contribution is 0.749. The summed E-state index contributed by atoms with van der Waals surface area (Å²) in [6.07, 6.45) is 2.58. The maximum Gasteiger partial charge on any atom is 0.0923 e. The van der Waals surface area contributed by atoms with Gasteiger partial charge in [-0.1, -0.05) is 25.1 Å². The lowest BCUT2D eigenvalue weighted by Gasteiger charge is -2.04. The van der Waals surface area contributed by atoms with E-state index >= 15 is 0 Å². The van der Waals surface area contributed by atoms with Gasteiger partial charge in [-0.05, 0) is 18.9 Å². The van der Waals surface area contributed by atoms with Gasteiger partial charge in [-0.2, -0.15) is 5.10 Å².